The molecule has 1 rings (SSSR count). The second kappa shape index (κ2) is 29.2. The van der Waals surface area contributed by atoms with Gasteiger partial charge in [0.1, 0.15) is 0 Å². The van der Waals surface area contributed by atoms with Gasteiger partial charge in [-0.1, -0.05) is 70.7 Å². The lowest BCUT2D eigenvalue weighted by Gasteiger charge is -1.69. The molecule has 0 spiro atoms. The second-order valence-electron chi connectivity index (χ2n) is 1.70. The largest absolute Gasteiger partial charge is 0.478 e. The van der Waals surface area contributed by atoms with E-state index in [0.29, 0.717) is 0 Å². The van der Waals surface area contributed by atoms with Crippen LogP contribution in [0.2, 0.25) is 0 Å². The molecule has 0 unspecified atom stereocenters. The van der Waals surface area contributed by atoms with Crippen molar-refractivity contribution in [1.29, 1.82) is 0 Å². The van der Waals surface area contributed by atoms with E-state index >= 15 is 0 Å². The van der Waals surface area contributed by atoms with Crippen LogP contribution in [-0.2, 0) is 4.79 Å². The van der Waals surface area contributed by atoms with Crippen molar-refractivity contribution in [3.8, 4) is 0 Å². The van der Waals surface area contributed by atoms with Gasteiger partial charge in [-0.3, -0.25) is 0 Å². The number of hydrogen-bond acceptors (Lipinski definition) is 1. The van der Waals surface area contributed by atoms with Crippen LogP contribution in [-0.4, -0.2) is 11.1 Å². The highest BCUT2D eigenvalue weighted by molar-refractivity contribution is 7.59. The van der Waals surface area contributed by atoms with E-state index in [1.165, 1.54) is 0 Å². The Morgan fingerprint density at radius 1 is 0.938 bits per heavy atom. The summed E-state index contributed by atoms with van der Waals surface area (Å²) in [7, 11) is 0. The molecular weight excluding hydrogens is 220 g/mol. The van der Waals surface area contributed by atoms with Crippen LogP contribution in [0, 0.1) is 0 Å². The Bertz CT molecular complexity index is 184. The first kappa shape index (κ1) is 24.2. The van der Waals surface area contributed by atoms with Crippen molar-refractivity contribution < 1.29 is 9.90 Å². The molecule has 1 N–H and O–H groups in total. The van der Waals surface area contributed by atoms with Gasteiger partial charge in [-0.15, -0.1) is 0 Å². The Kier molecular flexibility index (Phi) is 44.1. The predicted octanol–water partition coefficient (Wildman–Crippen LogP) is 4.11. The summed E-state index contributed by atoms with van der Waals surface area (Å²) in [6.45, 7) is 11.0. The van der Waals surface area contributed by atoms with Crippen LogP contribution in [0.3, 0.4) is 0 Å². The third-order valence-electron chi connectivity index (χ3n) is 0.841. The van der Waals surface area contributed by atoms with Crippen molar-refractivity contribution in [2.24, 2.45) is 0 Å². The smallest absolute Gasteiger partial charge is 0.327 e. The van der Waals surface area contributed by atoms with Crippen molar-refractivity contribution in [1.82, 2.24) is 0 Å². The van der Waals surface area contributed by atoms with Gasteiger partial charge >= 0.3 is 5.97 Å². The fourth-order valence-electron chi connectivity index (χ4n) is 0.385. The molecule has 0 saturated heterocycles. The molecule has 0 saturated carbocycles. The lowest BCUT2D eigenvalue weighted by Crippen LogP contribution is -1.82. The molecular formula is C13H24O2S. The Balaban J connectivity index is -0.0000000664. The van der Waals surface area contributed by atoms with Gasteiger partial charge in [0.2, 0.25) is 0 Å². The fraction of sp³-hybridized carbons (Fsp3) is 0.308. The summed E-state index contributed by atoms with van der Waals surface area (Å²) in [6, 6.07) is 12.0. The minimum atomic E-state index is -0.981. The van der Waals surface area contributed by atoms with Crippen LogP contribution in [0.4, 0.5) is 0 Å². The van der Waals surface area contributed by atoms with Gasteiger partial charge in [-0.05, 0) is 0 Å². The zero-order valence-electron chi connectivity index (χ0n) is 10.6. The summed E-state index contributed by atoms with van der Waals surface area (Å²) in [5.74, 6) is -0.981. The highest BCUT2D eigenvalue weighted by Crippen LogP contribution is 1.79. The molecule has 0 amide bonds. The Hall–Kier alpha value is -1.22. The maximum absolute atomic E-state index is 9.25. The maximum Gasteiger partial charge on any atom is 0.327 e. The zero-order chi connectivity index (χ0) is 12.5. The van der Waals surface area contributed by atoms with Crippen molar-refractivity contribution in [3.05, 3.63) is 49.1 Å². The average molecular weight is 244 g/mol. The molecule has 0 atom stereocenters. The Labute approximate surface area is 106 Å². The summed E-state index contributed by atoms with van der Waals surface area (Å²) < 4.78 is 0. The molecule has 94 valence electrons. The third kappa shape index (κ3) is 38.6. The van der Waals surface area contributed by atoms with E-state index < -0.39 is 5.97 Å². The molecule has 0 radical (unpaired) electrons. The normalized spacial score (nSPS) is 5.75. The molecule has 16 heavy (non-hydrogen) atoms. The highest BCUT2D eigenvalue weighted by atomic mass is 32.1. The quantitative estimate of drug-likeness (QED) is 0.755. The van der Waals surface area contributed by atoms with Crippen molar-refractivity contribution in [2.45, 2.75) is 27.7 Å². The first-order valence-corrected chi connectivity index (χ1v) is 5.12. The predicted molar refractivity (Wildman–Crippen MR) is 77.4 cm³/mol. The van der Waals surface area contributed by atoms with Crippen LogP contribution in [0.25, 0.3) is 0 Å². The molecule has 0 aliphatic carbocycles. The zero-order valence-corrected chi connectivity index (χ0v) is 11.6. The lowest BCUT2D eigenvalue weighted by molar-refractivity contribution is -0.131. The molecule has 0 fully saturated rings. The molecule has 0 heterocycles. The molecule has 0 bridgehead atoms. The summed E-state index contributed by atoms with van der Waals surface area (Å²) >= 11 is 0. The number of carbonyl (C=O) groups is 1. The SMILES string of the molecule is C=CC(=O)O.CC.CC.S.c1ccccc1. The Morgan fingerprint density at radius 3 is 1.12 bits per heavy atom. The van der Waals surface area contributed by atoms with E-state index in [1.54, 1.807) is 0 Å². The third-order valence-corrected chi connectivity index (χ3v) is 0.841. The first-order valence-electron chi connectivity index (χ1n) is 5.12. The standard InChI is InChI=1S/C6H6.C3H4O2.2C2H6.H2S/c1-2-4-6-5-3-1;1-2-3(4)5;2*1-2;/h1-6H;2H,1H2,(H,4,5);2*1-2H3;1H2. The van der Waals surface area contributed by atoms with Gasteiger partial charge in [-0.25, -0.2) is 4.79 Å². The van der Waals surface area contributed by atoms with Gasteiger partial charge in [0, 0.05) is 6.08 Å². The van der Waals surface area contributed by atoms with Gasteiger partial charge in [0.25, 0.3) is 0 Å². The van der Waals surface area contributed by atoms with E-state index in [9.17, 15) is 4.79 Å². The van der Waals surface area contributed by atoms with Gasteiger partial charge < -0.3 is 5.11 Å². The number of aliphatic carboxylic acids is 1. The van der Waals surface area contributed by atoms with Crippen molar-refractivity contribution in [3.63, 3.8) is 0 Å². The fourth-order valence-corrected chi connectivity index (χ4v) is 0.385. The number of rotatable bonds is 1. The van der Waals surface area contributed by atoms with E-state index in [-0.39, 0.29) is 13.5 Å². The minimum absolute atomic E-state index is 0. The first-order chi connectivity index (χ1) is 7.27. The number of carboxylic acids is 1. The van der Waals surface area contributed by atoms with Gasteiger partial charge in [0.15, 0.2) is 0 Å². The lowest BCUT2D eigenvalue weighted by atomic mass is 10.4. The summed E-state index contributed by atoms with van der Waals surface area (Å²) in [5.41, 5.74) is 0. The summed E-state index contributed by atoms with van der Waals surface area (Å²) in [4.78, 5) is 9.25. The number of benzene rings is 1. The summed E-state index contributed by atoms with van der Waals surface area (Å²) in [5, 5.41) is 7.60. The molecule has 0 aliphatic rings. The minimum Gasteiger partial charge on any atom is -0.478 e. The van der Waals surface area contributed by atoms with E-state index in [1.807, 2.05) is 64.1 Å². The average Bonchev–Trinajstić information content (AvgIpc) is 2.37. The van der Waals surface area contributed by atoms with Gasteiger partial charge in [-0.2, -0.15) is 13.5 Å². The summed E-state index contributed by atoms with van der Waals surface area (Å²) in [6.07, 6.45) is 0.833. The maximum atomic E-state index is 9.25. The van der Waals surface area contributed by atoms with E-state index in [0.717, 1.165) is 6.08 Å². The van der Waals surface area contributed by atoms with Crippen LogP contribution < -0.4 is 0 Å². The van der Waals surface area contributed by atoms with E-state index in [4.69, 9.17) is 5.11 Å². The van der Waals surface area contributed by atoms with Crippen LogP contribution in [0.1, 0.15) is 27.7 Å². The number of hydrogen-bond donors (Lipinski definition) is 1. The van der Waals surface area contributed by atoms with Crippen LogP contribution >= 0.6 is 13.5 Å². The van der Waals surface area contributed by atoms with E-state index in [2.05, 4.69) is 6.58 Å². The van der Waals surface area contributed by atoms with Crippen molar-refractivity contribution in [2.75, 3.05) is 0 Å². The second-order valence-corrected chi connectivity index (χ2v) is 1.70. The highest BCUT2D eigenvalue weighted by Gasteiger charge is 1.73. The molecule has 0 aliphatic heterocycles. The topological polar surface area (TPSA) is 37.3 Å². The van der Waals surface area contributed by atoms with Crippen molar-refractivity contribution >= 4 is 19.5 Å². The van der Waals surface area contributed by atoms with Crippen LogP contribution in [0.15, 0.2) is 49.1 Å². The Morgan fingerprint density at radius 2 is 1.06 bits per heavy atom. The molecule has 3 heteroatoms. The molecule has 1 aromatic rings. The monoisotopic (exact) mass is 244 g/mol. The number of carboxylic acid groups (broad SMARTS) is 1. The molecule has 1 aromatic carbocycles. The molecule has 2 nitrogen and oxygen atoms in total. The van der Waals surface area contributed by atoms with Gasteiger partial charge in [0.05, 0.1) is 0 Å². The van der Waals surface area contributed by atoms with Crippen LogP contribution in [0.5, 0.6) is 0 Å². The molecule has 0 aromatic heterocycles.